The van der Waals surface area contributed by atoms with Gasteiger partial charge in [-0.2, -0.15) is 0 Å². The van der Waals surface area contributed by atoms with Crippen molar-refractivity contribution in [3.05, 3.63) is 12.8 Å². The smallest absolute Gasteiger partial charge is 0.238 e. The molecule has 0 spiro atoms. The SMILES string of the molecule is C=COCCCC(F)F. The number of hydrogen-bond acceptors (Lipinski definition) is 1. The van der Waals surface area contributed by atoms with Gasteiger partial charge in [0.1, 0.15) is 0 Å². The summed E-state index contributed by atoms with van der Waals surface area (Å²) in [4.78, 5) is 0. The maximum atomic E-state index is 11.4. The maximum Gasteiger partial charge on any atom is 0.238 e. The Labute approximate surface area is 53.3 Å². The number of rotatable bonds is 5. The van der Waals surface area contributed by atoms with Crippen molar-refractivity contribution in [1.29, 1.82) is 0 Å². The van der Waals surface area contributed by atoms with Crippen LogP contribution in [0.25, 0.3) is 0 Å². The van der Waals surface area contributed by atoms with Gasteiger partial charge in [0.05, 0.1) is 12.9 Å². The highest BCUT2D eigenvalue weighted by molar-refractivity contribution is 4.49. The molecule has 54 valence electrons. The Hall–Kier alpha value is -0.600. The molecule has 0 bridgehead atoms. The van der Waals surface area contributed by atoms with Crippen LogP contribution in [0, 0.1) is 0 Å². The summed E-state index contributed by atoms with van der Waals surface area (Å²) in [5.41, 5.74) is 0. The fraction of sp³-hybridized carbons (Fsp3) is 0.667. The first-order valence-corrected chi connectivity index (χ1v) is 2.78. The third kappa shape index (κ3) is 7.40. The molecular weight excluding hydrogens is 126 g/mol. The van der Waals surface area contributed by atoms with E-state index in [2.05, 4.69) is 11.3 Å². The van der Waals surface area contributed by atoms with Crippen LogP contribution in [-0.2, 0) is 4.74 Å². The minimum Gasteiger partial charge on any atom is -0.502 e. The van der Waals surface area contributed by atoms with Gasteiger partial charge in [-0.15, -0.1) is 0 Å². The van der Waals surface area contributed by atoms with E-state index in [0.717, 1.165) is 0 Å². The zero-order chi connectivity index (χ0) is 7.11. The molecule has 0 saturated carbocycles. The first-order valence-electron chi connectivity index (χ1n) is 2.78. The molecule has 0 N–H and O–H groups in total. The van der Waals surface area contributed by atoms with E-state index in [-0.39, 0.29) is 6.42 Å². The summed E-state index contributed by atoms with van der Waals surface area (Å²) < 4.78 is 27.4. The number of alkyl halides is 2. The highest BCUT2D eigenvalue weighted by atomic mass is 19.3. The van der Waals surface area contributed by atoms with E-state index in [1.165, 1.54) is 6.26 Å². The summed E-state index contributed by atoms with van der Waals surface area (Å²) in [6, 6.07) is 0. The Bertz CT molecular complexity index is 73.5. The van der Waals surface area contributed by atoms with Crippen LogP contribution in [0.15, 0.2) is 12.8 Å². The summed E-state index contributed by atoms with van der Waals surface area (Å²) in [5, 5.41) is 0. The predicted molar refractivity (Wildman–Crippen MR) is 31.4 cm³/mol. The van der Waals surface area contributed by atoms with Crippen LogP contribution >= 0.6 is 0 Å². The largest absolute Gasteiger partial charge is 0.502 e. The van der Waals surface area contributed by atoms with Crippen LogP contribution < -0.4 is 0 Å². The average Bonchev–Trinajstić information content (AvgIpc) is 1.80. The van der Waals surface area contributed by atoms with Crippen LogP contribution in [0.4, 0.5) is 8.78 Å². The van der Waals surface area contributed by atoms with Crippen molar-refractivity contribution >= 4 is 0 Å². The monoisotopic (exact) mass is 136 g/mol. The molecule has 0 amide bonds. The van der Waals surface area contributed by atoms with Gasteiger partial charge in [-0.3, -0.25) is 0 Å². The van der Waals surface area contributed by atoms with E-state index in [1.54, 1.807) is 0 Å². The summed E-state index contributed by atoms with van der Waals surface area (Å²) in [5.74, 6) is 0. The lowest BCUT2D eigenvalue weighted by molar-refractivity contribution is 0.121. The Morgan fingerprint density at radius 1 is 1.56 bits per heavy atom. The lowest BCUT2D eigenvalue weighted by Crippen LogP contribution is -1.93. The van der Waals surface area contributed by atoms with Gasteiger partial charge in [-0.05, 0) is 6.42 Å². The van der Waals surface area contributed by atoms with Gasteiger partial charge in [0, 0.05) is 6.42 Å². The molecule has 0 aliphatic carbocycles. The Kier molecular flexibility index (Phi) is 5.17. The molecule has 1 nitrogen and oxygen atoms in total. The molecule has 0 aromatic heterocycles. The summed E-state index contributed by atoms with van der Waals surface area (Å²) in [6.45, 7) is 3.61. The van der Waals surface area contributed by atoms with Crippen molar-refractivity contribution in [1.82, 2.24) is 0 Å². The minimum atomic E-state index is -2.21. The Balaban J connectivity index is 2.82. The van der Waals surface area contributed by atoms with Gasteiger partial charge in [-0.1, -0.05) is 6.58 Å². The first kappa shape index (κ1) is 8.40. The Morgan fingerprint density at radius 3 is 2.67 bits per heavy atom. The van der Waals surface area contributed by atoms with Crippen molar-refractivity contribution in [3.63, 3.8) is 0 Å². The molecule has 0 saturated heterocycles. The molecule has 0 aliphatic heterocycles. The average molecular weight is 136 g/mol. The second-order valence-electron chi connectivity index (χ2n) is 1.57. The van der Waals surface area contributed by atoms with Gasteiger partial charge in [0.15, 0.2) is 0 Å². The van der Waals surface area contributed by atoms with Gasteiger partial charge < -0.3 is 4.74 Å². The van der Waals surface area contributed by atoms with Crippen LogP contribution in [0.5, 0.6) is 0 Å². The molecule has 0 heterocycles. The molecule has 0 aromatic carbocycles. The zero-order valence-electron chi connectivity index (χ0n) is 5.15. The molecule has 0 unspecified atom stereocenters. The molecule has 9 heavy (non-hydrogen) atoms. The van der Waals surface area contributed by atoms with Crippen LogP contribution in [-0.4, -0.2) is 13.0 Å². The molecule has 0 fully saturated rings. The van der Waals surface area contributed by atoms with Crippen molar-refractivity contribution in [3.8, 4) is 0 Å². The highest BCUT2D eigenvalue weighted by Crippen LogP contribution is 2.02. The van der Waals surface area contributed by atoms with Gasteiger partial charge >= 0.3 is 0 Å². The van der Waals surface area contributed by atoms with Gasteiger partial charge in [-0.25, -0.2) is 8.78 Å². The van der Waals surface area contributed by atoms with Gasteiger partial charge in [0.2, 0.25) is 6.43 Å². The van der Waals surface area contributed by atoms with Crippen molar-refractivity contribution < 1.29 is 13.5 Å². The third-order valence-corrected chi connectivity index (χ3v) is 0.802. The van der Waals surface area contributed by atoms with Gasteiger partial charge in [0.25, 0.3) is 0 Å². The first-order chi connectivity index (χ1) is 4.27. The van der Waals surface area contributed by atoms with E-state index in [0.29, 0.717) is 13.0 Å². The number of ether oxygens (including phenoxy) is 1. The minimum absolute atomic E-state index is 0.0894. The van der Waals surface area contributed by atoms with E-state index in [1.807, 2.05) is 0 Å². The van der Waals surface area contributed by atoms with Crippen LogP contribution in [0.1, 0.15) is 12.8 Å². The summed E-state index contributed by atoms with van der Waals surface area (Å²) in [6.07, 6.45) is -0.651. The molecule has 3 heteroatoms. The maximum absolute atomic E-state index is 11.4. The Morgan fingerprint density at radius 2 is 2.22 bits per heavy atom. The standard InChI is InChI=1S/C6H10F2O/c1-2-9-5-3-4-6(7)8/h2,6H,1,3-5H2. The van der Waals surface area contributed by atoms with Crippen molar-refractivity contribution in [2.45, 2.75) is 19.3 Å². The number of halogens is 2. The quantitative estimate of drug-likeness (QED) is 0.416. The molecule has 0 radical (unpaired) electrons. The molecular formula is C6H10F2O. The molecule has 0 aromatic rings. The van der Waals surface area contributed by atoms with E-state index >= 15 is 0 Å². The van der Waals surface area contributed by atoms with E-state index in [9.17, 15) is 8.78 Å². The molecule has 0 atom stereocenters. The fourth-order valence-electron chi connectivity index (χ4n) is 0.404. The second kappa shape index (κ2) is 5.54. The lowest BCUT2D eigenvalue weighted by Gasteiger charge is -1.98. The van der Waals surface area contributed by atoms with Crippen LogP contribution in [0.2, 0.25) is 0 Å². The molecule has 0 aliphatic rings. The summed E-state index contributed by atoms with van der Waals surface area (Å²) >= 11 is 0. The highest BCUT2D eigenvalue weighted by Gasteiger charge is 1.99. The number of hydrogen-bond donors (Lipinski definition) is 0. The normalized spacial score (nSPS) is 9.67. The molecule has 0 rings (SSSR count). The van der Waals surface area contributed by atoms with E-state index < -0.39 is 6.43 Å². The zero-order valence-corrected chi connectivity index (χ0v) is 5.15. The summed E-state index contributed by atoms with van der Waals surface area (Å²) in [7, 11) is 0. The van der Waals surface area contributed by atoms with Crippen molar-refractivity contribution in [2.24, 2.45) is 0 Å². The predicted octanol–water partition coefficient (Wildman–Crippen LogP) is 2.19. The van der Waals surface area contributed by atoms with Crippen molar-refractivity contribution in [2.75, 3.05) is 6.61 Å². The van der Waals surface area contributed by atoms with Crippen LogP contribution in [0.3, 0.4) is 0 Å². The topological polar surface area (TPSA) is 9.23 Å². The second-order valence-corrected chi connectivity index (χ2v) is 1.57. The lowest BCUT2D eigenvalue weighted by atomic mass is 10.3. The fourth-order valence-corrected chi connectivity index (χ4v) is 0.404. The van der Waals surface area contributed by atoms with E-state index in [4.69, 9.17) is 0 Å². The third-order valence-electron chi connectivity index (χ3n) is 0.802.